The van der Waals surface area contributed by atoms with Crippen molar-refractivity contribution in [1.29, 1.82) is 0 Å². The normalized spacial score (nSPS) is 14.7. The van der Waals surface area contributed by atoms with Crippen LogP contribution in [0.2, 0.25) is 0 Å². The van der Waals surface area contributed by atoms with E-state index in [9.17, 15) is 22.7 Å². The zero-order chi connectivity index (χ0) is 24.1. The Labute approximate surface area is 198 Å². The highest BCUT2D eigenvalue weighted by molar-refractivity contribution is 7.91. The summed E-state index contributed by atoms with van der Waals surface area (Å²) in [5.41, 5.74) is 1.88. The number of rotatable bonds is 8. The second-order valence-electron chi connectivity index (χ2n) is 8.24. The molecule has 0 spiro atoms. The first-order chi connectivity index (χ1) is 16.3. The van der Waals surface area contributed by atoms with E-state index in [4.69, 9.17) is 0 Å². The van der Waals surface area contributed by atoms with E-state index in [2.05, 4.69) is 9.62 Å². The van der Waals surface area contributed by atoms with Gasteiger partial charge in [-0.05, 0) is 29.8 Å². The number of benzene rings is 3. The number of hydrogen-bond acceptors (Lipinski definition) is 5. The van der Waals surface area contributed by atoms with Crippen molar-refractivity contribution in [1.82, 2.24) is 4.90 Å². The first-order valence-electron chi connectivity index (χ1n) is 10.9. The third-order valence-corrected chi connectivity index (χ3v) is 7.03. The Morgan fingerprint density at radius 2 is 1.62 bits per heavy atom. The van der Waals surface area contributed by atoms with Crippen molar-refractivity contribution in [2.45, 2.75) is 12.3 Å². The van der Waals surface area contributed by atoms with E-state index in [0.717, 1.165) is 0 Å². The summed E-state index contributed by atoms with van der Waals surface area (Å²) in [6.45, 7) is 3.20. The molecule has 1 heterocycles. The van der Waals surface area contributed by atoms with Crippen LogP contribution in [0, 0.1) is 5.82 Å². The van der Waals surface area contributed by atoms with Crippen LogP contribution in [0.3, 0.4) is 0 Å². The van der Waals surface area contributed by atoms with Gasteiger partial charge in [-0.25, -0.2) is 17.6 Å². The van der Waals surface area contributed by atoms with Crippen LogP contribution in [0.1, 0.15) is 21.5 Å². The molecule has 3 aromatic carbocycles. The van der Waals surface area contributed by atoms with Crippen molar-refractivity contribution >= 4 is 27.4 Å². The number of hydrogen-bond donors (Lipinski definition) is 2. The molecular weight excluding hydrogens is 457 g/mol. The minimum absolute atomic E-state index is 0.0327. The lowest BCUT2D eigenvalue weighted by molar-refractivity contribution is 0.0698. The fourth-order valence-corrected chi connectivity index (χ4v) is 5.24. The van der Waals surface area contributed by atoms with E-state index >= 15 is 0 Å². The van der Waals surface area contributed by atoms with Gasteiger partial charge in [0.05, 0.1) is 17.0 Å². The predicted molar refractivity (Wildman–Crippen MR) is 130 cm³/mol. The van der Waals surface area contributed by atoms with Gasteiger partial charge < -0.3 is 10.0 Å². The van der Waals surface area contributed by atoms with Crippen molar-refractivity contribution in [2.24, 2.45) is 0 Å². The number of sulfonamides is 1. The average Bonchev–Trinajstić information content (AvgIpc) is 2.81. The molecule has 4 rings (SSSR count). The Morgan fingerprint density at radius 3 is 2.29 bits per heavy atom. The molecular formula is C25H26FN3O4S. The van der Waals surface area contributed by atoms with E-state index < -0.39 is 16.0 Å². The van der Waals surface area contributed by atoms with Gasteiger partial charge in [0.2, 0.25) is 10.0 Å². The second-order valence-corrected chi connectivity index (χ2v) is 9.96. The fraction of sp³-hybridized carbons (Fsp3) is 0.240. The highest BCUT2D eigenvalue weighted by Gasteiger charge is 2.22. The predicted octanol–water partition coefficient (Wildman–Crippen LogP) is 3.79. The monoisotopic (exact) mass is 483 g/mol. The van der Waals surface area contributed by atoms with Crippen molar-refractivity contribution in [3.8, 4) is 0 Å². The molecule has 1 fully saturated rings. The molecule has 34 heavy (non-hydrogen) atoms. The van der Waals surface area contributed by atoms with Crippen LogP contribution in [0.15, 0.2) is 72.8 Å². The van der Waals surface area contributed by atoms with Gasteiger partial charge in [0, 0.05) is 44.0 Å². The number of nitrogens with one attached hydrogen (secondary N) is 1. The summed E-state index contributed by atoms with van der Waals surface area (Å²) in [6, 6.07) is 20.1. The number of aromatic carboxylic acids is 1. The molecule has 7 nitrogen and oxygen atoms in total. The van der Waals surface area contributed by atoms with Crippen LogP contribution in [0.25, 0.3) is 0 Å². The molecule has 2 N–H and O–H groups in total. The number of carbonyl (C=O) groups is 1. The van der Waals surface area contributed by atoms with Crippen LogP contribution >= 0.6 is 0 Å². The zero-order valence-electron chi connectivity index (χ0n) is 18.5. The molecule has 1 aliphatic heterocycles. The molecule has 3 aromatic rings. The SMILES string of the molecule is O=C(O)c1cc(N2CCN(Cc3ccccc3F)CC2)ccc1NS(=O)(=O)Cc1ccccc1. The van der Waals surface area contributed by atoms with Crippen LogP contribution in [-0.4, -0.2) is 50.6 Å². The highest BCUT2D eigenvalue weighted by Crippen LogP contribution is 2.26. The highest BCUT2D eigenvalue weighted by atomic mass is 32.2. The molecule has 0 amide bonds. The summed E-state index contributed by atoms with van der Waals surface area (Å²) in [6.07, 6.45) is 0. The van der Waals surface area contributed by atoms with E-state index in [1.807, 2.05) is 11.0 Å². The smallest absolute Gasteiger partial charge is 0.337 e. The molecule has 0 radical (unpaired) electrons. The van der Waals surface area contributed by atoms with Crippen molar-refractivity contribution in [2.75, 3.05) is 35.8 Å². The number of anilines is 2. The topological polar surface area (TPSA) is 89.9 Å². The average molecular weight is 484 g/mol. The Bertz CT molecular complexity index is 1260. The van der Waals surface area contributed by atoms with Crippen molar-refractivity contribution in [3.05, 3.63) is 95.3 Å². The standard InChI is InChI=1S/C25H26FN3O4S/c26-23-9-5-4-8-20(23)17-28-12-14-29(15-13-28)21-10-11-24(22(16-21)25(30)31)27-34(32,33)18-19-6-2-1-3-7-19/h1-11,16,27H,12-15,17-18H2,(H,30,31). The third kappa shape index (κ3) is 5.92. The Morgan fingerprint density at radius 1 is 0.941 bits per heavy atom. The number of piperazine rings is 1. The Hall–Kier alpha value is -3.43. The second kappa shape index (κ2) is 10.2. The van der Waals surface area contributed by atoms with E-state index in [1.54, 1.807) is 48.5 Å². The first-order valence-corrected chi connectivity index (χ1v) is 12.6. The molecule has 9 heteroatoms. The maximum Gasteiger partial charge on any atom is 0.337 e. The molecule has 0 aliphatic carbocycles. The van der Waals surface area contributed by atoms with Gasteiger partial charge in [-0.1, -0.05) is 48.5 Å². The van der Waals surface area contributed by atoms with Gasteiger partial charge >= 0.3 is 5.97 Å². The summed E-state index contributed by atoms with van der Waals surface area (Å²) in [4.78, 5) is 16.1. The Balaban J connectivity index is 1.43. The number of nitrogens with zero attached hydrogens (tertiary/aromatic N) is 2. The van der Waals surface area contributed by atoms with Gasteiger partial charge in [-0.3, -0.25) is 9.62 Å². The minimum atomic E-state index is -3.79. The maximum absolute atomic E-state index is 13.9. The van der Waals surface area contributed by atoms with Gasteiger partial charge in [0.25, 0.3) is 0 Å². The van der Waals surface area contributed by atoms with Gasteiger partial charge in [0.1, 0.15) is 5.82 Å². The first kappa shape index (κ1) is 23.7. The van der Waals surface area contributed by atoms with Crippen molar-refractivity contribution in [3.63, 3.8) is 0 Å². The van der Waals surface area contributed by atoms with Gasteiger partial charge in [-0.15, -0.1) is 0 Å². The number of halogens is 1. The lowest BCUT2D eigenvalue weighted by Crippen LogP contribution is -2.46. The lowest BCUT2D eigenvalue weighted by Gasteiger charge is -2.36. The van der Waals surface area contributed by atoms with Crippen molar-refractivity contribution < 1.29 is 22.7 Å². The maximum atomic E-state index is 13.9. The summed E-state index contributed by atoms with van der Waals surface area (Å²) >= 11 is 0. The molecule has 0 aromatic heterocycles. The summed E-state index contributed by atoms with van der Waals surface area (Å²) in [7, 11) is -3.79. The zero-order valence-corrected chi connectivity index (χ0v) is 19.3. The van der Waals surface area contributed by atoms with E-state index in [0.29, 0.717) is 49.5 Å². The van der Waals surface area contributed by atoms with Gasteiger partial charge in [-0.2, -0.15) is 0 Å². The molecule has 1 aliphatic rings. The van der Waals surface area contributed by atoms with Crippen LogP contribution in [-0.2, 0) is 22.3 Å². The molecule has 178 valence electrons. The van der Waals surface area contributed by atoms with Crippen LogP contribution < -0.4 is 9.62 Å². The largest absolute Gasteiger partial charge is 0.478 e. The number of carboxylic acids is 1. The van der Waals surface area contributed by atoms with E-state index in [1.165, 1.54) is 18.2 Å². The quantitative estimate of drug-likeness (QED) is 0.507. The summed E-state index contributed by atoms with van der Waals surface area (Å²) in [5, 5.41) is 9.71. The molecule has 0 saturated carbocycles. The third-order valence-electron chi connectivity index (χ3n) is 5.79. The minimum Gasteiger partial charge on any atom is -0.478 e. The Kier molecular flexibility index (Phi) is 7.14. The molecule has 0 atom stereocenters. The summed E-state index contributed by atoms with van der Waals surface area (Å²) in [5.74, 6) is -1.68. The number of carboxylic acid groups (broad SMARTS) is 1. The molecule has 1 saturated heterocycles. The molecule has 0 bridgehead atoms. The van der Waals surface area contributed by atoms with Crippen LogP contribution in [0.5, 0.6) is 0 Å². The fourth-order valence-electron chi connectivity index (χ4n) is 4.02. The summed E-state index contributed by atoms with van der Waals surface area (Å²) < 4.78 is 41.5. The van der Waals surface area contributed by atoms with E-state index in [-0.39, 0.29) is 22.8 Å². The van der Waals surface area contributed by atoms with Gasteiger partial charge in [0.15, 0.2) is 0 Å². The lowest BCUT2D eigenvalue weighted by atomic mass is 10.1. The van der Waals surface area contributed by atoms with Crippen LogP contribution in [0.4, 0.5) is 15.8 Å². The molecule has 0 unspecified atom stereocenters.